The Balaban J connectivity index is 1.85. The molecular formula is C20H33N3O2. The summed E-state index contributed by atoms with van der Waals surface area (Å²) in [5.41, 5.74) is 1.13. The number of piperazine rings is 1. The van der Waals surface area contributed by atoms with Gasteiger partial charge in [-0.1, -0.05) is 26.0 Å². The highest BCUT2D eigenvalue weighted by Gasteiger charge is 2.26. The molecule has 1 saturated heterocycles. The standard InChI is InChI=1S/C20H33N3O2/c1-15(2)19(23-11-9-22(5)10-12-23)14-21-20(24)17(4)25-18-8-6-7-16(3)13-18/h6-8,13,15,17,19H,9-12,14H2,1-5H3,(H,21,24). The number of carbonyl (C=O) groups is 1. The second-order valence-corrected chi connectivity index (χ2v) is 7.47. The normalized spacial score (nSPS) is 18.8. The minimum atomic E-state index is -0.498. The first-order chi connectivity index (χ1) is 11.9. The number of carbonyl (C=O) groups excluding carboxylic acids is 1. The Morgan fingerprint density at radius 3 is 2.48 bits per heavy atom. The first-order valence-electron chi connectivity index (χ1n) is 9.30. The number of aryl methyl sites for hydroxylation is 1. The SMILES string of the molecule is Cc1cccc(OC(C)C(=O)NCC(C(C)C)N2CCN(C)CC2)c1. The molecule has 5 nitrogen and oxygen atoms in total. The van der Waals surface area contributed by atoms with E-state index in [0.29, 0.717) is 18.5 Å². The van der Waals surface area contributed by atoms with Crippen molar-refractivity contribution in [3.8, 4) is 5.75 Å². The summed E-state index contributed by atoms with van der Waals surface area (Å²) in [5, 5.41) is 3.09. The van der Waals surface area contributed by atoms with Crippen LogP contribution in [0.4, 0.5) is 0 Å². The molecule has 0 saturated carbocycles. The first kappa shape index (κ1) is 19.7. The van der Waals surface area contributed by atoms with Crippen LogP contribution >= 0.6 is 0 Å². The van der Waals surface area contributed by atoms with Gasteiger partial charge in [-0.25, -0.2) is 0 Å². The smallest absolute Gasteiger partial charge is 0.260 e. The van der Waals surface area contributed by atoms with Crippen molar-refractivity contribution in [3.05, 3.63) is 29.8 Å². The molecule has 140 valence electrons. The molecule has 25 heavy (non-hydrogen) atoms. The van der Waals surface area contributed by atoms with E-state index < -0.39 is 6.10 Å². The van der Waals surface area contributed by atoms with Crippen molar-refractivity contribution in [2.75, 3.05) is 39.8 Å². The molecule has 2 unspecified atom stereocenters. The molecule has 1 aliphatic heterocycles. The summed E-state index contributed by atoms with van der Waals surface area (Å²) in [6, 6.07) is 8.16. The van der Waals surface area contributed by atoms with Gasteiger partial charge in [-0.2, -0.15) is 0 Å². The second-order valence-electron chi connectivity index (χ2n) is 7.47. The van der Waals surface area contributed by atoms with Crippen LogP contribution in [0.25, 0.3) is 0 Å². The van der Waals surface area contributed by atoms with Gasteiger partial charge in [0.2, 0.25) is 0 Å². The number of nitrogens with one attached hydrogen (secondary N) is 1. The average molecular weight is 348 g/mol. The Bertz CT molecular complexity index is 554. The van der Waals surface area contributed by atoms with Crippen LogP contribution in [0.2, 0.25) is 0 Å². The first-order valence-corrected chi connectivity index (χ1v) is 9.30. The summed E-state index contributed by atoms with van der Waals surface area (Å²) in [4.78, 5) is 17.3. The highest BCUT2D eigenvalue weighted by Crippen LogP contribution is 2.15. The van der Waals surface area contributed by atoms with Crippen molar-refractivity contribution >= 4 is 5.91 Å². The molecule has 0 radical (unpaired) electrons. The van der Waals surface area contributed by atoms with Crippen molar-refractivity contribution in [2.45, 2.75) is 39.8 Å². The van der Waals surface area contributed by atoms with E-state index >= 15 is 0 Å². The van der Waals surface area contributed by atoms with Gasteiger partial charge in [0.15, 0.2) is 6.10 Å². The van der Waals surface area contributed by atoms with Crippen LogP contribution in [-0.4, -0.2) is 67.6 Å². The molecule has 1 aromatic carbocycles. The maximum atomic E-state index is 12.4. The molecule has 0 aliphatic carbocycles. The van der Waals surface area contributed by atoms with Crippen LogP contribution in [-0.2, 0) is 4.79 Å². The zero-order valence-corrected chi connectivity index (χ0v) is 16.3. The maximum absolute atomic E-state index is 12.4. The van der Waals surface area contributed by atoms with Gasteiger partial charge in [-0.3, -0.25) is 9.69 Å². The van der Waals surface area contributed by atoms with Crippen LogP contribution in [0.3, 0.4) is 0 Å². The lowest BCUT2D eigenvalue weighted by atomic mass is 10.0. The van der Waals surface area contributed by atoms with Crippen LogP contribution < -0.4 is 10.1 Å². The van der Waals surface area contributed by atoms with Gasteiger partial charge in [0, 0.05) is 38.8 Å². The van der Waals surface area contributed by atoms with E-state index in [2.05, 4.69) is 36.0 Å². The number of ether oxygens (including phenoxy) is 1. The Kier molecular flexibility index (Phi) is 7.26. The molecule has 1 aliphatic rings. The summed E-state index contributed by atoms with van der Waals surface area (Å²) in [7, 11) is 2.16. The third kappa shape index (κ3) is 6.01. The number of benzene rings is 1. The Hall–Kier alpha value is -1.59. The van der Waals surface area contributed by atoms with Gasteiger partial charge in [-0.15, -0.1) is 0 Å². The fourth-order valence-corrected chi connectivity index (χ4v) is 3.24. The topological polar surface area (TPSA) is 44.8 Å². The number of amides is 1. The molecule has 1 heterocycles. The highest BCUT2D eigenvalue weighted by atomic mass is 16.5. The van der Waals surface area contributed by atoms with E-state index in [4.69, 9.17) is 4.74 Å². The fraction of sp³-hybridized carbons (Fsp3) is 0.650. The summed E-state index contributed by atoms with van der Waals surface area (Å²) >= 11 is 0. The number of likely N-dealkylation sites (N-methyl/N-ethyl adjacent to an activating group) is 1. The number of rotatable bonds is 7. The molecule has 1 N–H and O–H groups in total. The molecule has 1 fully saturated rings. The van der Waals surface area contributed by atoms with Crippen LogP contribution in [0.1, 0.15) is 26.3 Å². The molecule has 2 atom stereocenters. The maximum Gasteiger partial charge on any atom is 0.260 e. The van der Waals surface area contributed by atoms with Crippen LogP contribution in [0.15, 0.2) is 24.3 Å². The molecule has 1 aromatic rings. The highest BCUT2D eigenvalue weighted by molar-refractivity contribution is 5.80. The second kappa shape index (κ2) is 9.20. The minimum Gasteiger partial charge on any atom is -0.481 e. The Labute approximate surface area is 152 Å². The van der Waals surface area contributed by atoms with Gasteiger partial charge in [-0.05, 0) is 44.5 Å². The number of hydrogen-bond acceptors (Lipinski definition) is 4. The van der Waals surface area contributed by atoms with E-state index in [1.54, 1.807) is 6.92 Å². The zero-order chi connectivity index (χ0) is 18.4. The molecule has 2 rings (SSSR count). The molecular weight excluding hydrogens is 314 g/mol. The van der Waals surface area contributed by atoms with Crippen LogP contribution in [0.5, 0.6) is 5.75 Å². The quantitative estimate of drug-likeness (QED) is 0.821. The predicted molar refractivity (Wildman–Crippen MR) is 102 cm³/mol. The lowest BCUT2D eigenvalue weighted by molar-refractivity contribution is -0.127. The van der Waals surface area contributed by atoms with E-state index in [0.717, 1.165) is 37.5 Å². The van der Waals surface area contributed by atoms with E-state index in [9.17, 15) is 4.79 Å². The van der Waals surface area contributed by atoms with Gasteiger partial charge >= 0.3 is 0 Å². The lowest BCUT2D eigenvalue weighted by Gasteiger charge is -2.40. The molecule has 0 aromatic heterocycles. The third-order valence-electron chi connectivity index (χ3n) is 4.93. The number of nitrogens with zero attached hydrogens (tertiary/aromatic N) is 2. The fourth-order valence-electron chi connectivity index (χ4n) is 3.24. The van der Waals surface area contributed by atoms with Gasteiger partial charge in [0.25, 0.3) is 5.91 Å². The van der Waals surface area contributed by atoms with E-state index in [1.807, 2.05) is 31.2 Å². The van der Waals surface area contributed by atoms with Crippen molar-refractivity contribution in [1.29, 1.82) is 0 Å². The van der Waals surface area contributed by atoms with Gasteiger partial charge in [0.05, 0.1) is 0 Å². The summed E-state index contributed by atoms with van der Waals surface area (Å²) in [5.74, 6) is 1.18. The predicted octanol–water partition coefficient (Wildman–Crippen LogP) is 2.15. The van der Waals surface area contributed by atoms with Gasteiger partial charge in [0.1, 0.15) is 5.75 Å². The van der Waals surface area contributed by atoms with E-state index in [-0.39, 0.29) is 5.91 Å². The summed E-state index contributed by atoms with van der Waals surface area (Å²) < 4.78 is 5.78. The number of hydrogen-bond donors (Lipinski definition) is 1. The van der Waals surface area contributed by atoms with E-state index in [1.165, 1.54) is 0 Å². The Morgan fingerprint density at radius 1 is 1.20 bits per heavy atom. The third-order valence-corrected chi connectivity index (χ3v) is 4.93. The van der Waals surface area contributed by atoms with Crippen LogP contribution in [0, 0.1) is 12.8 Å². The summed E-state index contributed by atoms with van der Waals surface area (Å²) in [6.07, 6.45) is -0.498. The molecule has 1 amide bonds. The monoisotopic (exact) mass is 347 g/mol. The Morgan fingerprint density at radius 2 is 1.88 bits per heavy atom. The lowest BCUT2D eigenvalue weighted by Crippen LogP contribution is -2.54. The molecule has 0 spiro atoms. The molecule has 5 heteroatoms. The van der Waals surface area contributed by atoms with Gasteiger partial charge < -0.3 is 15.0 Å². The van der Waals surface area contributed by atoms with Crippen molar-refractivity contribution in [2.24, 2.45) is 5.92 Å². The minimum absolute atomic E-state index is 0.0544. The zero-order valence-electron chi connectivity index (χ0n) is 16.3. The largest absolute Gasteiger partial charge is 0.481 e. The summed E-state index contributed by atoms with van der Waals surface area (Å²) in [6.45, 7) is 13.2. The average Bonchev–Trinajstić information content (AvgIpc) is 2.56. The molecule has 0 bridgehead atoms. The van der Waals surface area contributed by atoms with Crippen molar-refractivity contribution < 1.29 is 9.53 Å². The van der Waals surface area contributed by atoms with Crippen molar-refractivity contribution in [3.63, 3.8) is 0 Å². The van der Waals surface area contributed by atoms with Crippen molar-refractivity contribution in [1.82, 2.24) is 15.1 Å².